The van der Waals surface area contributed by atoms with Crippen LogP contribution in [0.5, 0.6) is 0 Å². The maximum absolute atomic E-state index is 6.36. The van der Waals surface area contributed by atoms with Crippen LogP contribution in [-0.4, -0.2) is 0 Å². The Labute approximate surface area is 126 Å². The van der Waals surface area contributed by atoms with E-state index in [1.807, 2.05) is 30.3 Å². The second-order valence-electron chi connectivity index (χ2n) is 4.94. The number of hydrogen-bond acceptors (Lipinski definition) is 0. The lowest BCUT2D eigenvalue weighted by molar-refractivity contribution is 0.965. The first kappa shape index (κ1) is 14.6. The van der Waals surface area contributed by atoms with Gasteiger partial charge in [0.1, 0.15) is 0 Å². The van der Waals surface area contributed by atoms with Crippen LogP contribution in [0.2, 0.25) is 0 Å². The highest BCUT2D eigenvalue weighted by atomic mass is 35.5. The molecule has 0 bridgehead atoms. The molecule has 1 atom stereocenters. The van der Waals surface area contributed by atoms with Gasteiger partial charge in [0.05, 0.1) is 0 Å². The molecular formula is C19H19Cl. The van der Waals surface area contributed by atoms with Crippen molar-refractivity contribution in [2.45, 2.75) is 19.8 Å². The molecule has 0 aliphatic rings. The van der Waals surface area contributed by atoms with Crippen LogP contribution in [0.4, 0.5) is 0 Å². The standard InChI is InChI=1S/C19H19Cl/c1-15(17-9-5-3-6-10-17)13-19(20)14-16(2)18-11-7-4-8-12-18/h3-15H,1-2H3/b16-14+,19-13+. The lowest BCUT2D eigenvalue weighted by Gasteiger charge is -2.07. The van der Waals surface area contributed by atoms with Gasteiger partial charge in [-0.1, -0.05) is 85.3 Å². The van der Waals surface area contributed by atoms with Crippen LogP contribution in [0, 0.1) is 0 Å². The third-order valence-electron chi connectivity index (χ3n) is 3.32. The van der Waals surface area contributed by atoms with E-state index in [2.05, 4.69) is 56.3 Å². The smallest absolute Gasteiger partial charge is 0.0375 e. The van der Waals surface area contributed by atoms with E-state index in [9.17, 15) is 0 Å². The van der Waals surface area contributed by atoms with Crippen LogP contribution < -0.4 is 0 Å². The molecule has 2 rings (SSSR count). The van der Waals surface area contributed by atoms with Gasteiger partial charge in [-0.05, 0) is 29.7 Å². The third kappa shape index (κ3) is 4.11. The predicted molar refractivity (Wildman–Crippen MR) is 88.9 cm³/mol. The van der Waals surface area contributed by atoms with E-state index in [1.165, 1.54) is 16.7 Å². The Morgan fingerprint density at radius 3 is 2.10 bits per heavy atom. The van der Waals surface area contributed by atoms with Crippen molar-refractivity contribution in [1.82, 2.24) is 0 Å². The monoisotopic (exact) mass is 282 g/mol. The number of allylic oxidation sites excluding steroid dienone is 4. The van der Waals surface area contributed by atoms with Crippen LogP contribution in [0.1, 0.15) is 30.9 Å². The molecule has 0 N–H and O–H groups in total. The minimum absolute atomic E-state index is 0.309. The van der Waals surface area contributed by atoms with E-state index < -0.39 is 0 Å². The van der Waals surface area contributed by atoms with Gasteiger partial charge in [-0.2, -0.15) is 0 Å². The topological polar surface area (TPSA) is 0 Å². The summed E-state index contributed by atoms with van der Waals surface area (Å²) < 4.78 is 0. The fourth-order valence-electron chi connectivity index (χ4n) is 2.13. The zero-order valence-corrected chi connectivity index (χ0v) is 12.6. The van der Waals surface area contributed by atoms with Crippen molar-refractivity contribution in [2.75, 3.05) is 0 Å². The van der Waals surface area contributed by atoms with Crippen LogP contribution >= 0.6 is 11.6 Å². The molecule has 1 unspecified atom stereocenters. The molecule has 0 saturated heterocycles. The summed E-state index contributed by atoms with van der Waals surface area (Å²) in [5.41, 5.74) is 3.65. The Bertz CT molecular complexity index is 594. The van der Waals surface area contributed by atoms with Crippen molar-refractivity contribution < 1.29 is 0 Å². The number of benzene rings is 2. The summed E-state index contributed by atoms with van der Waals surface area (Å²) in [6.45, 7) is 4.24. The van der Waals surface area contributed by atoms with E-state index >= 15 is 0 Å². The summed E-state index contributed by atoms with van der Waals surface area (Å²) >= 11 is 6.36. The molecule has 0 aromatic heterocycles. The summed E-state index contributed by atoms with van der Waals surface area (Å²) in [7, 11) is 0. The van der Waals surface area contributed by atoms with Gasteiger partial charge in [0.25, 0.3) is 0 Å². The molecule has 102 valence electrons. The summed E-state index contributed by atoms with van der Waals surface area (Å²) in [5.74, 6) is 0.309. The molecule has 0 aliphatic carbocycles. The fraction of sp³-hybridized carbons (Fsp3) is 0.158. The van der Waals surface area contributed by atoms with Crippen molar-refractivity contribution in [3.8, 4) is 0 Å². The molecule has 0 fully saturated rings. The molecule has 0 spiro atoms. The number of rotatable bonds is 4. The van der Waals surface area contributed by atoms with Crippen molar-refractivity contribution in [2.24, 2.45) is 0 Å². The molecule has 1 heteroatoms. The van der Waals surface area contributed by atoms with Crippen molar-refractivity contribution in [3.63, 3.8) is 0 Å². The van der Waals surface area contributed by atoms with E-state index in [0.717, 1.165) is 5.03 Å². The summed E-state index contributed by atoms with van der Waals surface area (Å²) in [4.78, 5) is 0. The maximum Gasteiger partial charge on any atom is 0.0375 e. The van der Waals surface area contributed by atoms with E-state index in [1.54, 1.807) is 0 Å². The zero-order valence-electron chi connectivity index (χ0n) is 11.9. The highest BCUT2D eigenvalue weighted by Gasteiger charge is 2.02. The average molecular weight is 283 g/mol. The van der Waals surface area contributed by atoms with Gasteiger partial charge < -0.3 is 0 Å². The second-order valence-corrected chi connectivity index (χ2v) is 5.38. The molecule has 2 aromatic carbocycles. The van der Waals surface area contributed by atoms with Crippen molar-refractivity contribution >= 4 is 17.2 Å². The average Bonchev–Trinajstić information content (AvgIpc) is 2.49. The van der Waals surface area contributed by atoms with Crippen molar-refractivity contribution in [3.05, 3.63) is 89.0 Å². The minimum atomic E-state index is 0.309. The first-order chi connectivity index (χ1) is 9.66. The molecule has 2 aromatic rings. The Hall–Kier alpha value is -1.79. The van der Waals surface area contributed by atoms with Gasteiger partial charge in [-0.15, -0.1) is 0 Å². The van der Waals surface area contributed by atoms with Crippen LogP contribution in [0.15, 0.2) is 77.8 Å². The maximum atomic E-state index is 6.36. The molecule has 0 nitrogen and oxygen atoms in total. The minimum Gasteiger partial charge on any atom is -0.0847 e. The number of hydrogen-bond donors (Lipinski definition) is 0. The fourth-order valence-corrected chi connectivity index (χ4v) is 2.48. The van der Waals surface area contributed by atoms with Crippen LogP contribution in [-0.2, 0) is 0 Å². The predicted octanol–water partition coefficient (Wildman–Crippen LogP) is 6.02. The molecule has 0 heterocycles. The molecule has 0 aliphatic heterocycles. The molecule has 0 radical (unpaired) electrons. The Morgan fingerprint density at radius 2 is 1.50 bits per heavy atom. The van der Waals surface area contributed by atoms with E-state index in [0.29, 0.717) is 5.92 Å². The molecule has 0 amide bonds. The summed E-state index contributed by atoms with van der Waals surface area (Å²) in [6.07, 6.45) is 4.11. The lowest BCUT2D eigenvalue weighted by atomic mass is 10.0. The largest absolute Gasteiger partial charge is 0.0847 e. The third-order valence-corrected chi connectivity index (χ3v) is 3.55. The zero-order chi connectivity index (χ0) is 14.4. The lowest BCUT2D eigenvalue weighted by Crippen LogP contribution is -1.89. The van der Waals surface area contributed by atoms with Gasteiger partial charge in [-0.25, -0.2) is 0 Å². The second kappa shape index (κ2) is 7.12. The first-order valence-corrected chi connectivity index (χ1v) is 7.20. The quantitative estimate of drug-likeness (QED) is 0.602. The Morgan fingerprint density at radius 1 is 0.950 bits per heavy atom. The molecular weight excluding hydrogens is 264 g/mol. The van der Waals surface area contributed by atoms with E-state index in [4.69, 9.17) is 11.6 Å². The highest BCUT2D eigenvalue weighted by Crippen LogP contribution is 2.22. The SMILES string of the molecule is C/C(=C\C(Cl)=C/C(C)c1ccccc1)c1ccccc1. The van der Waals surface area contributed by atoms with Gasteiger partial charge in [0.15, 0.2) is 0 Å². The Kier molecular flexibility index (Phi) is 5.20. The van der Waals surface area contributed by atoms with Gasteiger partial charge in [0.2, 0.25) is 0 Å². The first-order valence-electron chi connectivity index (χ1n) is 6.83. The van der Waals surface area contributed by atoms with Gasteiger partial charge in [-0.3, -0.25) is 0 Å². The van der Waals surface area contributed by atoms with E-state index in [-0.39, 0.29) is 0 Å². The van der Waals surface area contributed by atoms with Crippen molar-refractivity contribution in [1.29, 1.82) is 0 Å². The van der Waals surface area contributed by atoms with Gasteiger partial charge >= 0.3 is 0 Å². The number of halogens is 1. The molecule has 20 heavy (non-hydrogen) atoms. The Balaban J connectivity index is 2.15. The summed E-state index contributed by atoms with van der Waals surface area (Å²) in [5, 5.41) is 0.780. The van der Waals surface area contributed by atoms with Crippen LogP contribution in [0.3, 0.4) is 0 Å². The summed E-state index contributed by atoms with van der Waals surface area (Å²) in [6, 6.07) is 20.7. The molecule has 0 saturated carbocycles. The normalized spacial score (nSPS) is 14.2. The van der Waals surface area contributed by atoms with Gasteiger partial charge in [0, 0.05) is 11.0 Å². The van der Waals surface area contributed by atoms with Crippen LogP contribution in [0.25, 0.3) is 5.57 Å². The highest BCUT2D eigenvalue weighted by molar-refractivity contribution is 6.31.